The third-order valence-corrected chi connectivity index (χ3v) is 2.78. The van der Waals surface area contributed by atoms with Gasteiger partial charge in [0.25, 0.3) is 0 Å². The lowest BCUT2D eigenvalue weighted by molar-refractivity contribution is 0.111. The summed E-state index contributed by atoms with van der Waals surface area (Å²) in [4.78, 5) is 17.9. The second-order valence-corrected chi connectivity index (χ2v) is 4.30. The molecular formula is C10H14N2O. The van der Waals surface area contributed by atoms with Crippen LogP contribution in [-0.4, -0.2) is 16.3 Å². The van der Waals surface area contributed by atoms with E-state index in [1.54, 1.807) is 0 Å². The highest BCUT2D eigenvalue weighted by Crippen LogP contribution is 2.34. The Morgan fingerprint density at radius 1 is 1.54 bits per heavy atom. The van der Waals surface area contributed by atoms with E-state index >= 15 is 0 Å². The molecule has 0 bridgehead atoms. The number of aldehydes is 1. The molecule has 1 aromatic rings. The number of H-pyrrole nitrogens is 1. The topological polar surface area (TPSA) is 45.8 Å². The number of imidazole rings is 1. The summed E-state index contributed by atoms with van der Waals surface area (Å²) in [6, 6.07) is 0. The molecule has 1 N–H and O–H groups in total. The Balaban J connectivity index is 2.50. The van der Waals surface area contributed by atoms with Gasteiger partial charge < -0.3 is 4.98 Å². The van der Waals surface area contributed by atoms with E-state index in [1.165, 1.54) is 6.42 Å². The van der Waals surface area contributed by atoms with Crippen molar-refractivity contribution in [3.63, 3.8) is 0 Å². The summed E-state index contributed by atoms with van der Waals surface area (Å²) in [5.41, 5.74) is 2.37. The standard InChI is InChI=1S/C10H14N2O/c1-10(2)5-3-4-7-9(10)12-8(6-13)11-7/h6H,3-5H2,1-2H3,(H,11,12). The highest BCUT2D eigenvalue weighted by molar-refractivity contribution is 5.69. The minimum Gasteiger partial charge on any atom is -0.339 e. The van der Waals surface area contributed by atoms with Crippen LogP contribution < -0.4 is 0 Å². The van der Waals surface area contributed by atoms with Crippen LogP contribution in [0.2, 0.25) is 0 Å². The number of fused-ring (bicyclic) bond motifs is 1. The van der Waals surface area contributed by atoms with Gasteiger partial charge >= 0.3 is 0 Å². The first-order chi connectivity index (χ1) is 6.13. The molecule has 1 aromatic heterocycles. The summed E-state index contributed by atoms with van der Waals surface area (Å²) in [6.07, 6.45) is 4.15. The monoisotopic (exact) mass is 178 g/mol. The molecular weight excluding hydrogens is 164 g/mol. The number of carbonyl (C=O) groups excluding carboxylic acids is 1. The lowest BCUT2D eigenvalue weighted by atomic mass is 9.78. The predicted molar refractivity (Wildman–Crippen MR) is 49.9 cm³/mol. The van der Waals surface area contributed by atoms with E-state index in [0.717, 1.165) is 30.5 Å². The molecule has 1 aliphatic rings. The summed E-state index contributed by atoms with van der Waals surface area (Å²) < 4.78 is 0. The van der Waals surface area contributed by atoms with Crippen LogP contribution in [-0.2, 0) is 11.8 Å². The Morgan fingerprint density at radius 2 is 2.31 bits per heavy atom. The minimum absolute atomic E-state index is 0.130. The Kier molecular flexibility index (Phi) is 1.75. The average Bonchev–Trinajstić information content (AvgIpc) is 2.48. The lowest BCUT2D eigenvalue weighted by Crippen LogP contribution is -2.23. The zero-order valence-corrected chi connectivity index (χ0v) is 8.05. The molecule has 0 unspecified atom stereocenters. The fourth-order valence-electron chi connectivity index (χ4n) is 2.05. The molecule has 0 fully saturated rings. The molecule has 3 heteroatoms. The Labute approximate surface area is 77.6 Å². The van der Waals surface area contributed by atoms with Crippen LogP contribution >= 0.6 is 0 Å². The largest absolute Gasteiger partial charge is 0.339 e. The van der Waals surface area contributed by atoms with Crippen molar-refractivity contribution in [2.24, 2.45) is 0 Å². The molecule has 1 heterocycles. The van der Waals surface area contributed by atoms with Crippen LogP contribution in [0.4, 0.5) is 0 Å². The molecule has 0 aliphatic heterocycles. The van der Waals surface area contributed by atoms with Crippen LogP contribution in [0.15, 0.2) is 0 Å². The quantitative estimate of drug-likeness (QED) is 0.667. The van der Waals surface area contributed by atoms with Crippen LogP contribution in [0, 0.1) is 0 Å². The smallest absolute Gasteiger partial charge is 0.185 e. The predicted octanol–water partition coefficient (Wildman–Crippen LogP) is 1.84. The zero-order chi connectivity index (χ0) is 9.47. The van der Waals surface area contributed by atoms with Crippen molar-refractivity contribution >= 4 is 6.29 Å². The van der Waals surface area contributed by atoms with Crippen LogP contribution in [0.1, 0.15) is 48.7 Å². The minimum atomic E-state index is 0.130. The third-order valence-electron chi connectivity index (χ3n) is 2.78. The number of carbonyl (C=O) groups is 1. The van der Waals surface area contributed by atoms with Gasteiger partial charge in [0.2, 0.25) is 0 Å². The summed E-state index contributed by atoms with van der Waals surface area (Å²) in [5, 5.41) is 0. The maximum Gasteiger partial charge on any atom is 0.185 e. The van der Waals surface area contributed by atoms with Crippen molar-refractivity contribution in [1.29, 1.82) is 0 Å². The van der Waals surface area contributed by atoms with Gasteiger partial charge in [-0.1, -0.05) is 13.8 Å². The van der Waals surface area contributed by atoms with Crippen LogP contribution in [0.25, 0.3) is 0 Å². The fraction of sp³-hybridized carbons (Fsp3) is 0.600. The molecule has 0 aromatic carbocycles. The van der Waals surface area contributed by atoms with E-state index in [9.17, 15) is 4.79 Å². The summed E-state index contributed by atoms with van der Waals surface area (Å²) in [6.45, 7) is 4.36. The van der Waals surface area contributed by atoms with Gasteiger partial charge in [0.15, 0.2) is 12.1 Å². The van der Waals surface area contributed by atoms with Gasteiger partial charge in [0, 0.05) is 11.1 Å². The number of nitrogens with one attached hydrogen (secondary N) is 1. The van der Waals surface area contributed by atoms with E-state index in [1.807, 2.05) is 0 Å². The van der Waals surface area contributed by atoms with Gasteiger partial charge in [-0.05, 0) is 19.3 Å². The van der Waals surface area contributed by atoms with Gasteiger partial charge in [-0.25, -0.2) is 4.98 Å². The highest BCUT2D eigenvalue weighted by Gasteiger charge is 2.30. The van der Waals surface area contributed by atoms with Crippen molar-refractivity contribution in [2.45, 2.75) is 38.5 Å². The Bertz CT molecular complexity index is 339. The maximum atomic E-state index is 10.5. The van der Waals surface area contributed by atoms with Crippen LogP contribution in [0.5, 0.6) is 0 Å². The molecule has 0 amide bonds. The Hall–Kier alpha value is -1.12. The average molecular weight is 178 g/mol. The first kappa shape index (κ1) is 8.48. The van der Waals surface area contributed by atoms with Crippen molar-refractivity contribution in [1.82, 2.24) is 9.97 Å². The van der Waals surface area contributed by atoms with E-state index in [-0.39, 0.29) is 5.41 Å². The van der Waals surface area contributed by atoms with Gasteiger partial charge in [0.1, 0.15) is 0 Å². The van der Waals surface area contributed by atoms with Crippen molar-refractivity contribution in [3.05, 3.63) is 17.2 Å². The zero-order valence-electron chi connectivity index (χ0n) is 8.05. The van der Waals surface area contributed by atoms with Crippen molar-refractivity contribution < 1.29 is 4.79 Å². The van der Waals surface area contributed by atoms with Gasteiger partial charge in [-0.3, -0.25) is 4.79 Å². The number of hydrogen-bond donors (Lipinski definition) is 1. The first-order valence-electron chi connectivity index (χ1n) is 4.68. The second-order valence-electron chi connectivity index (χ2n) is 4.30. The molecule has 0 saturated heterocycles. The van der Waals surface area contributed by atoms with Crippen molar-refractivity contribution in [3.8, 4) is 0 Å². The highest BCUT2D eigenvalue weighted by atomic mass is 16.1. The number of nitrogens with zero attached hydrogens (tertiary/aromatic N) is 1. The van der Waals surface area contributed by atoms with Gasteiger partial charge in [-0.2, -0.15) is 0 Å². The summed E-state index contributed by atoms with van der Waals surface area (Å²) in [7, 11) is 0. The summed E-state index contributed by atoms with van der Waals surface area (Å²) >= 11 is 0. The van der Waals surface area contributed by atoms with E-state index in [4.69, 9.17) is 0 Å². The fourth-order valence-corrected chi connectivity index (χ4v) is 2.05. The van der Waals surface area contributed by atoms with Crippen molar-refractivity contribution in [2.75, 3.05) is 0 Å². The normalized spacial score (nSPS) is 19.5. The molecule has 0 radical (unpaired) electrons. The summed E-state index contributed by atoms with van der Waals surface area (Å²) in [5.74, 6) is 0.472. The Morgan fingerprint density at radius 3 is 2.92 bits per heavy atom. The maximum absolute atomic E-state index is 10.5. The van der Waals surface area contributed by atoms with E-state index in [0.29, 0.717) is 5.82 Å². The third kappa shape index (κ3) is 1.28. The van der Waals surface area contributed by atoms with Gasteiger partial charge in [0.05, 0.1) is 5.69 Å². The molecule has 0 spiro atoms. The number of aromatic amines is 1. The molecule has 13 heavy (non-hydrogen) atoms. The molecule has 70 valence electrons. The molecule has 2 rings (SSSR count). The lowest BCUT2D eigenvalue weighted by Gasteiger charge is -2.27. The molecule has 3 nitrogen and oxygen atoms in total. The van der Waals surface area contributed by atoms with E-state index < -0.39 is 0 Å². The number of aryl methyl sites for hydroxylation is 1. The number of rotatable bonds is 1. The molecule has 0 atom stereocenters. The number of aromatic nitrogens is 2. The molecule has 0 saturated carbocycles. The first-order valence-corrected chi connectivity index (χ1v) is 4.68. The van der Waals surface area contributed by atoms with Crippen LogP contribution in [0.3, 0.4) is 0 Å². The molecule has 1 aliphatic carbocycles. The second kappa shape index (κ2) is 2.69. The van der Waals surface area contributed by atoms with E-state index in [2.05, 4.69) is 23.8 Å². The number of hydrogen-bond acceptors (Lipinski definition) is 2. The van der Waals surface area contributed by atoms with Gasteiger partial charge in [-0.15, -0.1) is 0 Å². The SMILES string of the molecule is CC1(C)CCCc2[nH]c(C=O)nc21.